The number of benzene rings is 2. The lowest BCUT2D eigenvalue weighted by Crippen LogP contribution is -2.04. The molecule has 9 heteroatoms. The fourth-order valence-corrected chi connectivity index (χ4v) is 2.45. The molecule has 24 heavy (non-hydrogen) atoms. The van der Waals surface area contributed by atoms with E-state index in [2.05, 4.69) is 25.8 Å². The first kappa shape index (κ1) is 16.4. The third kappa shape index (κ3) is 3.87. The van der Waals surface area contributed by atoms with Gasteiger partial charge in [-0.15, -0.1) is 5.10 Å². The van der Waals surface area contributed by atoms with Crippen LogP contribution in [0.5, 0.6) is 0 Å². The molecular formula is C15H9Cl2F2N5. The van der Waals surface area contributed by atoms with Gasteiger partial charge in [-0.1, -0.05) is 29.3 Å². The molecule has 1 heterocycles. The topological polar surface area (TPSA) is 62.7 Å². The van der Waals surface area contributed by atoms with Gasteiger partial charge in [0.25, 0.3) is 0 Å². The minimum Gasteiger partial charge on any atom is -0.339 e. The molecule has 122 valence electrons. The molecule has 0 aliphatic carbocycles. The zero-order chi connectivity index (χ0) is 17.1. The van der Waals surface area contributed by atoms with E-state index in [4.69, 9.17) is 23.2 Å². The zero-order valence-electron chi connectivity index (χ0n) is 11.9. The minimum absolute atomic E-state index is 0.0721. The quantitative estimate of drug-likeness (QED) is 0.683. The van der Waals surface area contributed by atoms with Gasteiger partial charge in [-0.25, -0.2) is 8.78 Å². The van der Waals surface area contributed by atoms with Gasteiger partial charge in [0.2, 0.25) is 5.95 Å². The Morgan fingerprint density at radius 2 is 1.58 bits per heavy atom. The van der Waals surface area contributed by atoms with Crippen molar-refractivity contribution in [2.45, 2.75) is 0 Å². The molecule has 2 N–H and O–H groups in total. The Balaban J connectivity index is 1.84. The van der Waals surface area contributed by atoms with Crippen LogP contribution in [0.2, 0.25) is 10.0 Å². The van der Waals surface area contributed by atoms with E-state index >= 15 is 0 Å². The van der Waals surface area contributed by atoms with Gasteiger partial charge >= 0.3 is 0 Å². The lowest BCUT2D eigenvalue weighted by Gasteiger charge is -2.09. The van der Waals surface area contributed by atoms with E-state index in [1.165, 1.54) is 12.3 Å². The van der Waals surface area contributed by atoms with Crippen LogP contribution in [0.25, 0.3) is 0 Å². The highest BCUT2D eigenvalue weighted by Crippen LogP contribution is 2.25. The van der Waals surface area contributed by atoms with Crippen LogP contribution in [0.15, 0.2) is 42.6 Å². The molecule has 0 unspecified atom stereocenters. The summed E-state index contributed by atoms with van der Waals surface area (Å²) in [5.41, 5.74) is 0.221. The molecule has 5 nitrogen and oxygen atoms in total. The number of hydrogen-bond acceptors (Lipinski definition) is 5. The lowest BCUT2D eigenvalue weighted by molar-refractivity contribution is 0.590. The average Bonchev–Trinajstić information content (AvgIpc) is 2.50. The molecule has 0 atom stereocenters. The standard InChI is InChI=1S/C15H9Cl2F2N5/c16-8-4-9(17)6-10(5-8)21-13-7-20-24-15(22-13)23-14-11(18)2-1-3-12(14)19/h1-7H,(H2,21,22,23,24). The van der Waals surface area contributed by atoms with Crippen molar-refractivity contribution in [1.82, 2.24) is 15.2 Å². The SMILES string of the molecule is Fc1cccc(F)c1Nc1nncc(Nc2cc(Cl)cc(Cl)c2)n1. The molecule has 0 aliphatic heterocycles. The largest absolute Gasteiger partial charge is 0.339 e. The zero-order valence-corrected chi connectivity index (χ0v) is 13.4. The van der Waals surface area contributed by atoms with Crippen molar-refractivity contribution < 1.29 is 8.78 Å². The number of nitrogens with zero attached hydrogens (tertiary/aromatic N) is 3. The molecule has 0 saturated carbocycles. The van der Waals surface area contributed by atoms with E-state index in [0.717, 1.165) is 12.1 Å². The Morgan fingerprint density at radius 1 is 0.917 bits per heavy atom. The average molecular weight is 368 g/mol. The minimum atomic E-state index is -0.765. The van der Waals surface area contributed by atoms with Gasteiger partial charge in [0.1, 0.15) is 17.3 Å². The van der Waals surface area contributed by atoms with Crippen molar-refractivity contribution in [3.8, 4) is 0 Å². The lowest BCUT2D eigenvalue weighted by atomic mass is 10.3. The normalized spacial score (nSPS) is 10.5. The number of para-hydroxylation sites is 1. The highest BCUT2D eigenvalue weighted by atomic mass is 35.5. The summed E-state index contributed by atoms with van der Waals surface area (Å²) in [7, 11) is 0. The summed E-state index contributed by atoms with van der Waals surface area (Å²) in [6, 6.07) is 8.36. The Morgan fingerprint density at radius 3 is 2.25 bits per heavy atom. The molecule has 0 bridgehead atoms. The second-order valence-electron chi connectivity index (χ2n) is 4.67. The van der Waals surface area contributed by atoms with E-state index in [1.807, 2.05) is 0 Å². The second kappa shape index (κ2) is 6.94. The number of halogens is 4. The summed E-state index contributed by atoms with van der Waals surface area (Å²) in [6.45, 7) is 0. The van der Waals surface area contributed by atoms with Crippen LogP contribution in [-0.4, -0.2) is 15.2 Å². The fraction of sp³-hybridized carbons (Fsp3) is 0. The smallest absolute Gasteiger partial charge is 0.249 e. The Kier molecular flexibility index (Phi) is 4.73. The predicted molar refractivity (Wildman–Crippen MR) is 89.2 cm³/mol. The van der Waals surface area contributed by atoms with Crippen molar-refractivity contribution in [3.63, 3.8) is 0 Å². The summed E-state index contributed by atoms with van der Waals surface area (Å²) in [6.07, 6.45) is 1.34. The molecular weight excluding hydrogens is 359 g/mol. The van der Waals surface area contributed by atoms with Gasteiger partial charge in [-0.2, -0.15) is 10.1 Å². The van der Waals surface area contributed by atoms with E-state index in [-0.39, 0.29) is 11.6 Å². The molecule has 0 amide bonds. The summed E-state index contributed by atoms with van der Waals surface area (Å²) in [5.74, 6) is -1.31. The van der Waals surface area contributed by atoms with E-state index < -0.39 is 11.6 Å². The maximum Gasteiger partial charge on any atom is 0.249 e. The number of nitrogens with one attached hydrogen (secondary N) is 2. The highest BCUT2D eigenvalue weighted by Gasteiger charge is 2.11. The molecule has 3 aromatic rings. The maximum absolute atomic E-state index is 13.6. The van der Waals surface area contributed by atoms with Crippen LogP contribution < -0.4 is 10.6 Å². The first-order valence-electron chi connectivity index (χ1n) is 6.65. The summed E-state index contributed by atoms with van der Waals surface area (Å²) >= 11 is 11.8. The monoisotopic (exact) mass is 367 g/mol. The van der Waals surface area contributed by atoms with Crippen molar-refractivity contribution >= 4 is 46.3 Å². The molecule has 0 spiro atoms. The molecule has 0 aliphatic rings. The Labute approximate surface area is 145 Å². The number of anilines is 4. The first-order chi connectivity index (χ1) is 11.5. The summed E-state index contributed by atoms with van der Waals surface area (Å²) < 4.78 is 27.3. The Bertz CT molecular complexity index is 851. The highest BCUT2D eigenvalue weighted by molar-refractivity contribution is 6.35. The molecule has 0 fully saturated rings. The van der Waals surface area contributed by atoms with Crippen molar-refractivity contribution in [2.24, 2.45) is 0 Å². The fourth-order valence-electron chi connectivity index (χ4n) is 1.92. The number of hydrogen-bond donors (Lipinski definition) is 2. The van der Waals surface area contributed by atoms with Crippen molar-refractivity contribution in [1.29, 1.82) is 0 Å². The van der Waals surface area contributed by atoms with Crippen molar-refractivity contribution in [2.75, 3.05) is 10.6 Å². The van der Waals surface area contributed by atoms with Crippen LogP contribution in [0, 0.1) is 11.6 Å². The summed E-state index contributed by atoms with van der Waals surface area (Å²) in [4.78, 5) is 4.09. The van der Waals surface area contributed by atoms with Crippen LogP contribution in [0.4, 0.5) is 31.9 Å². The van der Waals surface area contributed by atoms with Gasteiger partial charge in [-0.3, -0.25) is 0 Å². The van der Waals surface area contributed by atoms with E-state index in [9.17, 15) is 8.78 Å². The predicted octanol–water partition coefficient (Wildman–Crippen LogP) is 4.94. The molecule has 1 aromatic heterocycles. The third-order valence-corrected chi connectivity index (χ3v) is 3.33. The molecule has 0 radical (unpaired) electrons. The summed E-state index contributed by atoms with van der Waals surface area (Å²) in [5, 5.41) is 13.7. The van der Waals surface area contributed by atoms with Gasteiger partial charge in [-0.05, 0) is 30.3 Å². The van der Waals surface area contributed by atoms with E-state index in [0.29, 0.717) is 21.6 Å². The second-order valence-corrected chi connectivity index (χ2v) is 5.54. The number of aromatic nitrogens is 3. The van der Waals surface area contributed by atoms with Crippen LogP contribution in [0.3, 0.4) is 0 Å². The van der Waals surface area contributed by atoms with Crippen LogP contribution in [0.1, 0.15) is 0 Å². The van der Waals surface area contributed by atoms with Crippen LogP contribution >= 0.6 is 23.2 Å². The van der Waals surface area contributed by atoms with Crippen LogP contribution in [-0.2, 0) is 0 Å². The molecule has 2 aromatic carbocycles. The van der Waals surface area contributed by atoms with Gasteiger partial charge in [0.05, 0.1) is 6.20 Å². The molecule has 0 saturated heterocycles. The van der Waals surface area contributed by atoms with Gasteiger partial charge in [0.15, 0.2) is 5.82 Å². The first-order valence-corrected chi connectivity index (χ1v) is 7.41. The molecule has 3 rings (SSSR count). The van der Waals surface area contributed by atoms with E-state index in [1.54, 1.807) is 18.2 Å². The van der Waals surface area contributed by atoms with Crippen molar-refractivity contribution in [3.05, 3.63) is 64.3 Å². The van der Waals surface area contributed by atoms with Gasteiger partial charge in [0, 0.05) is 15.7 Å². The third-order valence-electron chi connectivity index (χ3n) is 2.89. The van der Waals surface area contributed by atoms with Gasteiger partial charge < -0.3 is 10.6 Å². The maximum atomic E-state index is 13.6. The number of rotatable bonds is 4. The Hall–Kier alpha value is -2.51.